The number of aromatic nitrogens is 4. The lowest BCUT2D eigenvalue weighted by atomic mass is 9.97. The summed E-state index contributed by atoms with van der Waals surface area (Å²) in [5.41, 5.74) is 2.11. The van der Waals surface area contributed by atoms with Crippen molar-refractivity contribution in [3.05, 3.63) is 95.0 Å². The van der Waals surface area contributed by atoms with Gasteiger partial charge in [-0.3, -0.25) is 9.58 Å². The maximum Gasteiger partial charge on any atom is 0.416 e. The van der Waals surface area contributed by atoms with Crippen LogP contribution in [0.25, 0.3) is 11.1 Å². The van der Waals surface area contributed by atoms with Gasteiger partial charge in [0.25, 0.3) is 0 Å². The van der Waals surface area contributed by atoms with E-state index in [-0.39, 0.29) is 35.8 Å². The molecule has 3 unspecified atom stereocenters. The predicted molar refractivity (Wildman–Crippen MR) is 167 cm³/mol. The molecule has 2 aromatic heterocycles. The predicted octanol–water partition coefficient (Wildman–Crippen LogP) is 7.57. The first-order valence-corrected chi connectivity index (χ1v) is 15.3. The Hall–Kier alpha value is -4.12. The van der Waals surface area contributed by atoms with Gasteiger partial charge in [0, 0.05) is 54.4 Å². The number of halogens is 4. The Balaban J connectivity index is 1.60. The molecule has 45 heavy (non-hydrogen) atoms. The number of hydrogen-bond donors (Lipinski definition) is 0. The summed E-state index contributed by atoms with van der Waals surface area (Å²) < 4.78 is 48.8. The lowest BCUT2D eigenvalue weighted by Crippen LogP contribution is -2.50. The van der Waals surface area contributed by atoms with Gasteiger partial charge in [0.2, 0.25) is 5.95 Å². The zero-order valence-electron chi connectivity index (χ0n) is 25.6. The fourth-order valence-electron chi connectivity index (χ4n) is 5.97. The molecular weight excluding hydrogens is 605 g/mol. The molecule has 5 rings (SSSR count). The number of carbonyl (C=O) groups is 1. The van der Waals surface area contributed by atoms with E-state index in [2.05, 4.69) is 5.10 Å². The van der Waals surface area contributed by atoms with Crippen molar-refractivity contribution in [2.24, 2.45) is 7.05 Å². The van der Waals surface area contributed by atoms with Gasteiger partial charge in [-0.1, -0.05) is 48.9 Å². The van der Waals surface area contributed by atoms with E-state index in [0.717, 1.165) is 28.8 Å². The minimum Gasteiger partial charge on any atom is -0.447 e. The quantitative estimate of drug-likeness (QED) is 0.188. The Labute approximate surface area is 265 Å². The van der Waals surface area contributed by atoms with Gasteiger partial charge in [-0.05, 0) is 62.4 Å². The molecule has 0 spiro atoms. The molecule has 12 heteroatoms. The summed E-state index contributed by atoms with van der Waals surface area (Å²) in [6, 6.07) is 12.4. The number of rotatable bonds is 9. The van der Waals surface area contributed by atoms with E-state index in [1.165, 1.54) is 6.07 Å². The van der Waals surface area contributed by atoms with Gasteiger partial charge in [-0.15, -0.1) is 0 Å². The summed E-state index contributed by atoms with van der Waals surface area (Å²) in [5.74, 6) is 0.327. The highest BCUT2D eigenvalue weighted by molar-refractivity contribution is 6.30. The minimum absolute atomic E-state index is 0.0200. The molecule has 0 bridgehead atoms. The molecule has 8 nitrogen and oxygen atoms in total. The average molecular weight is 641 g/mol. The Morgan fingerprint density at radius 3 is 2.38 bits per heavy atom. The van der Waals surface area contributed by atoms with Crippen LogP contribution in [-0.2, 0) is 30.9 Å². The van der Waals surface area contributed by atoms with Gasteiger partial charge < -0.3 is 9.64 Å². The maximum atomic E-state index is 13.8. The number of benzene rings is 2. The number of anilines is 1. The second kappa shape index (κ2) is 13.5. The molecule has 3 atom stereocenters. The normalized spacial score (nSPS) is 18.4. The number of aryl methyl sites for hydroxylation is 1. The molecule has 1 amide bonds. The highest BCUT2D eigenvalue weighted by atomic mass is 35.5. The summed E-state index contributed by atoms with van der Waals surface area (Å²) in [4.78, 5) is 26.7. The van der Waals surface area contributed by atoms with E-state index < -0.39 is 17.8 Å². The third-order valence-corrected chi connectivity index (χ3v) is 8.20. The number of likely N-dealkylation sites (tertiary alicyclic amines) is 1. The summed E-state index contributed by atoms with van der Waals surface area (Å²) >= 11 is 6.20. The zero-order valence-corrected chi connectivity index (χ0v) is 26.3. The van der Waals surface area contributed by atoms with Crippen LogP contribution in [0.3, 0.4) is 0 Å². The first kappa shape index (κ1) is 32.3. The number of nitrogens with zero attached hydrogens (tertiary/aromatic N) is 6. The van der Waals surface area contributed by atoms with Crippen LogP contribution in [-0.4, -0.2) is 55.0 Å². The van der Waals surface area contributed by atoms with Crippen LogP contribution in [0.5, 0.6) is 0 Å². The molecule has 3 heterocycles. The monoisotopic (exact) mass is 640 g/mol. The van der Waals surface area contributed by atoms with E-state index in [4.69, 9.17) is 26.3 Å². The number of amides is 1. The Kier molecular flexibility index (Phi) is 9.67. The van der Waals surface area contributed by atoms with Crippen molar-refractivity contribution >= 4 is 23.6 Å². The van der Waals surface area contributed by atoms with Crippen LogP contribution < -0.4 is 4.90 Å². The van der Waals surface area contributed by atoms with Gasteiger partial charge in [-0.25, -0.2) is 14.8 Å². The summed E-state index contributed by atoms with van der Waals surface area (Å²) in [6.45, 7) is 5.66. The highest BCUT2D eigenvalue weighted by Crippen LogP contribution is 2.37. The van der Waals surface area contributed by atoms with Crippen molar-refractivity contribution in [3.8, 4) is 11.1 Å². The van der Waals surface area contributed by atoms with Gasteiger partial charge in [0.15, 0.2) is 0 Å². The van der Waals surface area contributed by atoms with Crippen LogP contribution in [0.1, 0.15) is 50.3 Å². The molecule has 238 valence electrons. The van der Waals surface area contributed by atoms with E-state index in [1.807, 2.05) is 55.4 Å². The molecule has 0 N–H and O–H groups in total. The molecule has 1 aliphatic heterocycles. The lowest BCUT2D eigenvalue weighted by molar-refractivity contribution is -0.137. The van der Waals surface area contributed by atoms with Crippen molar-refractivity contribution in [2.75, 3.05) is 4.90 Å². The van der Waals surface area contributed by atoms with Crippen molar-refractivity contribution < 1.29 is 22.7 Å². The van der Waals surface area contributed by atoms with E-state index in [1.54, 1.807) is 42.0 Å². The molecule has 2 aromatic carbocycles. The van der Waals surface area contributed by atoms with Crippen molar-refractivity contribution in [1.82, 2.24) is 24.6 Å². The van der Waals surface area contributed by atoms with Gasteiger partial charge in [-0.2, -0.15) is 18.3 Å². The largest absolute Gasteiger partial charge is 0.447 e. The summed E-state index contributed by atoms with van der Waals surface area (Å²) in [6.07, 6.45) is 3.30. The summed E-state index contributed by atoms with van der Waals surface area (Å²) in [7, 11) is 1.81. The van der Waals surface area contributed by atoms with Gasteiger partial charge >= 0.3 is 12.3 Å². The van der Waals surface area contributed by atoms with Crippen molar-refractivity contribution in [1.29, 1.82) is 0 Å². The first-order valence-electron chi connectivity index (χ1n) is 14.9. The Bertz CT molecular complexity index is 1600. The minimum atomic E-state index is -4.57. The molecule has 1 saturated heterocycles. The molecule has 1 fully saturated rings. The number of carbonyl (C=O) groups excluding carboxylic acids is 1. The standard InChI is InChI=1S/C33H36ClF3N6O2/c1-5-28-15-29(30(13-22-9-7-6-8-10-22)43(28)32(44)45-21(2)3)42(19-23-11-26(33(35,36)37)14-27(34)12-23)31-38-16-24(17-39-31)25-18-40-41(4)20-25/h6-12,14,16-18,20-21,28-30H,5,13,15,19H2,1-4H3. The zero-order chi connectivity index (χ0) is 32.3. The third-order valence-electron chi connectivity index (χ3n) is 7.99. The van der Waals surface area contributed by atoms with Crippen molar-refractivity contribution in [3.63, 3.8) is 0 Å². The number of hydrogen-bond acceptors (Lipinski definition) is 6. The van der Waals surface area contributed by atoms with Crippen LogP contribution in [0.2, 0.25) is 5.02 Å². The second-order valence-corrected chi connectivity index (χ2v) is 12.0. The topological polar surface area (TPSA) is 76.4 Å². The molecular formula is C33H36ClF3N6O2. The molecule has 0 aliphatic carbocycles. The van der Waals surface area contributed by atoms with Crippen molar-refractivity contribution in [2.45, 2.75) is 77.0 Å². The Morgan fingerprint density at radius 1 is 1.07 bits per heavy atom. The maximum absolute atomic E-state index is 13.8. The van der Waals surface area contributed by atoms with E-state index in [0.29, 0.717) is 30.8 Å². The van der Waals surface area contributed by atoms with E-state index in [9.17, 15) is 18.0 Å². The van der Waals surface area contributed by atoms with Gasteiger partial charge in [0.1, 0.15) is 0 Å². The SMILES string of the molecule is CCC1CC(N(Cc2cc(Cl)cc(C(F)(F)F)c2)c2ncc(-c3cnn(C)c3)cn2)C(Cc2ccccc2)N1C(=O)OC(C)C. The first-order chi connectivity index (χ1) is 21.4. The van der Waals surface area contributed by atoms with Crippen LogP contribution in [0.4, 0.5) is 23.9 Å². The van der Waals surface area contributed by atoms with E-state index >= 15 is 0 Å². The fraction of sp³-hybridized carbons (Fsp3) is 0.394. The summed E-state index contributed by atoms with van der Waals surface area (Å²) in [5, 5.41) is 4.20. The average Bonchev–Trinajstić information content (AvgIpc) is 3.59. The molecule has 0 radical (unpaired) electrons. The number of ether oxygens (including phenoxy) is 1. The number of alkyl halides is 3. The van der Waals surface area contributed by atoms with Crippen LogP contribution >= 0.6 is 11.6 Å². The fourth-order valence-corrected chi connectivity index (χ4v) is 6.23. The Morgan fingerprint density at radius 2 is 1.78 bits per heavy atom. The molecule has 1 aliphatic rings. The second-order valence-electron chi connectivity index (χ2n) is 11.6. The van der Waals surface area contributed by atoms with Crippen LogP contribution in [0, 0.1) is 0 Å². The molecule has 0 saturated carbocycles. The van der Waals surface area contributed by atoms with Crippen LogP contribution in [0.15, 0.2) is 73.3 Å². The lowest BCUT2D eigenvalue weighted by Gasteiger charge is -2.36. The third kappa shape index (κ3) is 7.58. The molecule has 4 aromatic rings. The smallest absolute Gasteiger partial charge is 0.416 e. The highest BCUT2D eigenvalue weighted by Gasteiger charge is 2.47. The van der Waals surface area contributed by atoms with Gasteiger partial charge in [0.05, 0.1) is 29.9 Å².